The molecule has 18 heavy (non-hydrogen) atoms. The van der Waals surface area contributed by atoms with Crippen molar-refractivity contribution in [3.05, 3.63) is 35.9 Å². The van der Waals surface area contributed by atoms with E-state index in [1.54, 1.807) is 19.1 Å². The van der Waals surface area contributed by atoms with Crippen LogP contribution >= 0.6 is 11.8 Å². The van der Waals surface area contributed by atoms with E-state index >= 15 is 0 Å². The summed E-state index contributed by atoms with van der Waals surface area (Å²) < 4.78 is 13.5. The Morgan fingerprint density at radius 1 is 1.56 bits per heavy atom. The van der Waals surface area contributed by atoms with Crippen molar-refractivity contribution in [2.45, 2.75) is 12.1 Å². The number of nitrogens with one attached hydrogen (secondary N) is 2. The van der Waals surface area contributed by atoms with Gasteiger partial charge in [0.05, 0.1) is 11.4 Å². The number of carbonyl (C=O) groups is 1. The van der Waals surface area contributed by atoms with E-state index in [-0.39, 0.29) is 17.3 Å². The van der Waals surface area contributed by atoms with Gasteiger partial charge in [-0.05, 0) is 24.6 Å². The molecule has 2 aromatic rings. The zero-order valence-corrected chi connectivity index (χ0v) is 10.4. The second-order valence-corrected chi connectivity index (χ2v) is 4.57. The highest BCUT2D eigenvalue weighted by molar-refractivity contribution is 7.99. The first-order chi connectivity index (χ1) is 8.65. The molecule has 0 aliphatic rings. The van der Waals surface area contributed by atoms with Crippen molar-refractivity contribution in [1.82, 2.24) is 15.2 Å². The molecular weight excluding hydrogens is 255 g/mol. The minimum absolute atomic E-state index is 0.141. The number of aromatic nitrogens is 3. The fraction of sp³-hybridized carbons (Fsp3) is 0.182. The zero-order valence-electron chi connectivity index (χ0n) is 9.61. The number of aromatic amines is 1. The lowest BCUT2D eigenvalue weighted by molar-refractivity contribution is -0.113. The van der Waals surface area contributed by atoms with Gasteiger partial charge in [-0.1, -0.05) is 17.8 Å². The van der Waals surface area contributed by atoms with Gasteiger partial charge in [0, 0.05) is 0 Å². The molecule has 0 unspecified atom stereocenters. The van der Waals surface area contributed by atoms with Gasteiger partial charge in [-0.25, -0.2) is 9.37 Å². The number of rotatable bonds is 4. The first-order valence-electron chi connectivity index (χ1n) is 5.19. The third-order valence-electron chi connectivity index (χ3n) is 2.13. The predicted octanol–water partition coefficient (Wildman–Crippen LogP) is 1.98. The lowest BCUT2D eigenvalue weighted by Crippen LogP contribution is -2.15. The standard InChI is InChI=1S/C11H11FN4OS/c1-7-2-3-9(8(12)4-7)15-10(17)5-18-11-13-6-14-16-11/h2-4,6H,5H2,1H3,(H,15,17)(H,13,14,16). The van der Waals surface area contributed by atoms with Crippen molar-refractivity contribution in [3.8, 4) is 0 Å². The number of benzene rings is 1. The van der Waals surface area contributed by atoms with Crippen LogP contribution in [0.3, 0.4) is 0 Å². The van der Waals surface area contributed by atoms with Gasteiger partial charge in [0.1, 0.15) is 12.1 Å². The number of hydrogen-bond donors (Lipinski definition) is 2. The number of halogens is 1. The van der Waals surface area contributed by atoms with Crippen LogP contribution in [0.4, 0.5) is 10.1 Å². The monoisotopic (exact) mass is 266 g/mol. The van der Waals surface area contributed by atoms with Gasteiger partial charge in [-0.3, -0.25) is 9.89 Å². The number of thioether (sulfide) groups is 1. The molecule has 7 heteroatoms. The van der Waals surface area contributed by atoms with Crippen LogP contribution in [0.1, 0.15) is 5.56 Å². The highest BCUT2D eigenvalue weighted by Gasteiger charge is 2.08. The summed E-state index contributed by atoms with van der Waals surface area (Å²) in [6.45, 7) is 1.79. The lowest BCUT2D eigenvalue weighted by Gasteiger charge is -2.06. The van der Waals surface area contributed by atoms with Gasteiger partial charge < -0.3 is 5.32 Å². The summed E-state index contributed by atoms with van der Waals surface area (Å²) in [6, 6.07) is 4.66. The number of nitrogens with zero attached hydrogens (tertiary/aromatic N) is 2. The van der Waals surface area contributed by atoms with E-state index in [0.29, 0.717) is 5.16 Å². The second-order valence-electron chi connectivity index (χ2n) is 3.61. The molecule has 0 saturated carbocycles. The highest BCUT2D eigenvalue weighted by Crippen LogP contribution is 2.16. The van der Waals surface area contributed by atoms with Crippen LogP contribution in [0.5, 0.6) is 0 Å². The van der Waals surface area contributed by atoms with Crippen LogP contribution in [-0.2, 0) is 4.79 Å². The topological polar surface area (TPSA) is 70.7 Å². The van der Waals surface area contributed by atoms with Crippen molar-refractivity contribution in [3.63, 3.8) is 0 Å². The molecule has 1 amide bonds. The summed E-state index contributed by atoms with van der Waals surface area (Å²) in [5.74, 6) is -0.588. The Morgan fingerprint density at radius 3 is 3.06 bits per heavy atom. The van der Waals surface area contributed by atoms with Gasteiger partial charge in [0.15, 0.2) is 5.16 Å². The molecule has 0 aliphatic heterocycles. The molecule has 0 aliphatic carbocycles. The molecule has 2 N–H and O–H groups in total. The van der Waals surface area contributed by atoms with Gasteiger partial charge in [0.2, 0.25) is 5.91 Å². The van der Waals surface area contributed by atoms with Gasteiger partial charge >= 0.3 is 0 Å². The summed E-state index contributed by atoms with van der Waals surface area (Å²) in [4.78, 5) is 15.5. The van der Waals surface area contributed by atoms with E-state index in [9.17, 15) is 9.18 Å². The Hall–Kier alpha value is -1.89. The van der Waals surface area contributed by atoms with Crippen LogP contribution < -0.4 is 5.32 Å². The smallest absolute Gasteiger partial charge is 0.234 e. The molecule has 94 valence electrons. The first-order valence-corrected chi connectivity index (χ1v) is 6.18. The average Bonchev–Trinajstić information content (AvgIpc) is 2.83. The van der Waals surface area contributed by atoms with Crippen molar-refractivity contribution in [1.29, 1.82) is 0 Å². The molecule has 2 rings (SSSR count). The number of anilines is 1. The average molecular weight is 266 g/mol. The summed E-state index contributed by atoms with van der Waals surface area (Å²) >= 11 is 1.20. The van der Waals surface area contributed by atoms with Crippen LogP contribution in [-0.4, -0.2) is 26.8 Å². The molecule has 1 aromatic heterocycles. The molecule has 0 bridgehead atoms. The van der Waals surface area contributed by atoms with Crippen LogP contribution in [0.15, 0.2) is 29.7 Å². The number of aryl methyl sites for hydroxylation is 1. The molecule has 0 atom stereocenters. The Balaban J connectivity index is 1.91. The molecule has 0 fully saturated rings. The minimum atomic E-state index is -0.437. The SMILES string of the molecule is Cc1ccc(NC(=O)CSc2ncn[nH]2)c(F)c1. The lowest BCUT2D eigenvalue weighted by atomic mass is 10.2. The van der Waals surface area contributed by atoms with Crippen molar-refractivity contribution in [2.75, 3.05) is 11.1 Å². The normalized spacial score (nSPS) is 10.3. The predicted molar refractivity (Wildman–Crippen MR) is 66.9 cm³/mol. The fourth-order valence-electron chi connectivity index (χ4n) is 1.31. The van der Waals surface area contributed by atoms with Crippen LogP contribution in [0, 0.1) is 12.7 Å². The minimum Gasteiger partial charge on any atom is -0.323 e. The molecule has 0 saturated heterocycles. The number of hydrogen-bond acceptors (Lipinski definition) is 4. The third kappa shape index (κ3) is 3.30. The summed E-state index contributed by atoms with van der Waals surface area (Å²) in [5, 5.41) is 9.34. The third-order valence-corrected chi connectivity index (χ3v) is 3.01. The maximum absolute atomic E-state index is 13.5. The van der Waals surface area contributed by atoms with Gasteiger partial charge in [0.25, 0.3) is 0 Å². The second kappa shape index (κ2) is 5.63. The summed E-state index contributed by atoms with van der Waals surface area (Å²) in [5.41, 5.74) is 0.991. The Kier molecular flexibility index (Phi) is 3.93. The number of carbonyl (C=O) groups excluding carboxylic acids is 1. The summed E-state index contributed by atoms with van der Waals surface area (Å²) in [7, 11) is 0. The van der Waals surface area contributed by atoms with Crippen molar-refractivity contribution >= 4 is 23.4 Å². The van der Waals surface area contributed by atoms with E-state index in [1.165, 1.54) is 24.2 Å². The zero-order chi connectivity index (χ0) is 13.0. The largest absolute Gasteiger partial charge is 0.323 e. The Labute approximate surface area is 107 Å². The van der Waals surface area contributed by atoms with E-state index in [0.717, 1.165) is 5.56 Å². The fourth-order valence-corrected chi connectivity index (χ4v) is 1.88. The molecule has 5 nitrogen and oxygen atoms in total. The van der Waals surface area contributed by atoms with Gasteiger partial charge in [-0.2, -0.15) is 5.10 Å². The molecule has 1 aromatic carbocycles. The molecule has 0 spiro atoms. The maximum atomic E-state index is 13.5. The van der Waals surface area contributed by atoms with Crippen LogP contribution in [0.25, 0.3) is 0 Å². The van der Waals surface area contributed by atoms with E-state index < -0.39 is 5.82 Å². The Morgan fingerprint density at radius 2 is 2.39 bits per heavy atom. The van der Waals surface area contributed by atoms with E-state index in [1.807, 2.05) is 0 Å². The Bertz CT molecular complexity index is 544. The molecule has 0 radical (unpaired) electrons. The highest BCUT2D eigenvalue weighted by atomic mass is 32.2. The van der Waals surface area contributed by atoms with Crippen molar-refractivity contribution < 1.29 is 9.18 Å². The van der Waals surface area contributed by atoms with E-state index in [2.05, 4.69) is 20.5 Å². The van der Waals surface area contributed by atoms with Gasteiger partial charge in [-0.15, -0.1) is 0 Å². The first kappa shape index (κ1) is 12.6. The molecule has 1 heterocycles. The molecular formula is C11H11FN4OS. The number of amides is 1. The number of H-pyrrole nitrogens is 1. The quantitative estimate of drug-likeness (QED) is 0.830. The van der Waals surface area contributed by atoms with E-state index in [4.69, 9.17) is 0 Å². The maximum Gasteiger partial charge on any atom is 0.234 e. The van der Waals surface area contributed by atoms with Crippen LogP contribution in [0.2, 0.25) is 0 Å². The summed E-state index contributed by atoms with van der Waals surface area (Å²) in [6.07, 6.45) is 1.36. The van der Waals surface area contributed by atoms with Crippen molar-refractivity contribution in [2.24, 2.45) is 0 Å².